The molecule has 1 atom stereocenters. The Kier molecular flexibility index (Phi) is 4.85. The number of hydrogen-bond acceptors (Lipinski definition) is 5. The molecule has 9 heteroatoms. The second kappa shape index (κ2) is 7.84. The van der Waals surface area contributed by atoms with Gasteiger partial charge in [-0.1, -0.05) is 12.1 Å². The van der Waals surface area contributed by atoms with Crippen LogP contribution in [0, 0.1) is 0 Å². The molecule has 0 aliphatic carbocycles. The van der Waals surface area contributed by atoms with Crippen molar-refractivity contribution >= 4 is 29.1 Å². The lowest BCUT2D eigenvalue weighted by Crippen LogP contribution is -2.40. The Morgan fingerprint density at radius 2 is 2.00 bits per heavy atom. The highest BCUT2D eigenvalue weighted by atomic mass is 16.5. The van der Waals surface area contributed by atoms with Crippen molar-refractivity contribution in [3.8, 4) is 17.0 Å². The van der Waals surface area contributed by atoms with Crippen molar-refractivity contribution in [2.75, 3.05) is 24.3 Å². The van der Waals surface area contributed by atoms with Crippen LogP contribution in [0.5, 0.6) is 5.75 Å². The molecule has 0 bridgehead atoms. The van der Waals surface area contributed by atoms with Crippen LogP contribution in [0.25, 0.3) is 11.3 Å². The Hall–Kier alpha value is -4.14. The van der Waals surface area contributed by atoms with Crippen molar-refractivity contribution in [1.82, 2.24) is 15.1 Å². The van der Waals surface area contributed by atoms with E-state index in [-0.39, 0.29) is 17.5 Å². The minimum Gasteiger partial charge on any atom is -0.496 e. The number of fused-ring (bicyclic) bond motifs is 2. The number of carbonyl (C=O) groups is 3. The number of aromatic nitrogens is 2. The summed E-state index contributed by atoms with van der Waals surface area (Å²) < 4.78 is 5.36. The third-order valence-corrected chi connectivity index (χ3v) is 5.79. The van der Waals surface area contributed by atoms with Crippen LogP contribution in [0.3, 0.4) is 0 Å². The number of anilines is 2. The summed E-state index contributed by atoms with van der Waals surface area (Å²) in [5, 5.41) is 12.6. The topological polar surface area (TPSA) is 116 Å². The van der Waals surface area contributed by atoms with Gasteiger partial charge in [0.25, 0.3) is 11.8 Å². The van der Waals surface area contributed by atoms with Crippen LogP contribution in [-0.4, -0.2) is 52.5 Å². The van der Waals surface area contributed by atoms with Gasteiger partial charge in [0.2, 0.25) is 5.91 Å². The Labute approximate surface area is 183 Å². The second-order valence-corrected chi connectivity index (χ2v) is 7.73. The lowest BCUT2D eigenvalue weighted by molar-refractivity contribution is -0.119. The van der Waals surface area contributed by atoms with Gasteiger partial charge in [-0.05, 0) is 49.2 Å². The van der Waals surface area contributed by atoms with E-state index in [0.29, 0.717) is 41.3 Å². The first-order chi connectivity index (χ1) is 15.5. The van der Waals surface area contributed by atoms with E-state index < -0.39 is 11.9 Å². The molecule has 2 aromatic carbocycles. The smallest absolute Gasteiger partial charge is 0.273 e. The largest absolute Gasteiger partial charge is 0.496 e. The SMILES string of the molecule is COc1ccccc1-c1cc(C(=O)Nc2ccc3c(c2)C(=O)N2CCC[C@H]2C(=O)N3)[nH]n1. The molecule has 1 saturated heterocycles. The van der Waals surface area contributed by atoms with Crippen LogP contribution in [-0.2, 0) is 4.79 Å². The summed E-state index contributed by atoms with van der Waals surface area (Å²) >= 11 is 0. The average molecular weight is 431 g/mol. The van der Waals surface area contributed by atoms with Gasteiger partial charge in [-0.2, -0.15) is 5.10 Å². The summed E-state index contributed by atoms with van der Waals surface area (Å²) in [6.45, 7) is 0.548. The van der Waals surface area contributed by atoms with E-state index >= 15 is 0 Å². The maximum absolute atomic E-state index is 13.0. The molecule has 0 radical (unpaired) electrons. The highest BCUT2D eigenvalue weighted by molar-refractivity contribution is 6.11. The Morgan fingerprint density at radius 3 is 2.84 bits per heavy atom. The number of benzene rings is 2. The number of rotatable bonds is 4. The van der Waals surface area contributed by atoms with Crippen LogP contribution < -0.4 is 15.4 Å². The standard InChI is InChI=1S/C23H21N5O4/c1-32-20-7-3-2-5-14(20)17-12-18(27-26-17)21(29)24-13-8-9-16-15(11-13)23(31)28-10-4-6-19(28)22(30)25-16/h2-3,5,7-9,11-12,19H,4,6,10H2,1H3,(H,24,29)(H,25,30)(H,26,27)/t19-/m0/s1. The predicted molar refractivity (Wildman–Crippen MR) is 118 cm³/mol. The minimum atomic E-state index is -0.439. The van der Waals surface area contributed by atoms with Crippen LogP contribution in [0.15, 0.2) is 48.5 Å². The average Bonchev–Trinajstić information content (AvgIpc) is 3.48. The first-order valence-corrected chi connectivity index (χ1v) is 10.3. The van der Waals surface area contributed by atoms with Crippen LogP contribution in [0.1, 0.15) is 33.7 Å². The summed E-state index contributed by atoms with van der Waals surface area (Å²) in [4.78, 5) is 39.8. The summed E-state index contributed by atoms with van der Waals surface area (Å²) in [5.74, 6) is -0.134. The minimum absolute atomic E-state index is 0.173. The van der Waals surface area contributed by atoms with Crippen molar-refractivity contribution in [3.63, 3.8) is 0 Å². The number of methoxy groups -OCH3 is 1. The lowest BCUT2D eigenvalue weighted by Gasteiger charge is -2.20. The van der Waals surface area contributed by atoms with Crippen LogP contribution >= 0.6 is 0 Å². The normalized spacial score (nSPS) is 17.3. The quantitative estimate of drug-likeness (QED) is 0.587. The molecule has 3 amide bonds. The molecule has 0 unspecified atom stereocenters. The Bertz CT molecular complexity index is 1230. The Balaban J connectivity index is 1.38. The number of H-pyrrole nitrogens is 1. The van der Waals surface area contributed by atoms with Crippen molar-refractivity contribution in [3.05, 3.63) is 59.8 Å². The maximum atomic E-state index is 13.0. The van der Waals surface area contributed by atoms with Gasteiger partial charge in [-0.15, -0.1) is 0 Å². The van der Waals surface area contributed by atoms with Gasteiger partial charge in [0.05, 0.1) is 24.1 Å². The molecule has 1 fully saturated rings. The summed E-state index contributed by atoms with van der Waals surface area (Å²) in [6.07, 6.45) is 1.45. The van der Waals surface area contributed by atoms with Gasteiger partial charge in [-0.3, -0.25) is 19.5 Å². The molecular weight excluding hydrogens is 410 g/mol. The number of amides is 3. The third-order valence-electron chi connectivity index (χ3n) is 5.79. The fourth-order valence-electron chi connectivity index (χ4n) is 4.19. The molecule has 3 heterocycles. The summed E-state index contributed by atoms with van der Waals surface area (Å²) in [6, 6.07) is 13.5. The van der Waals surface area contributed by atoms with Crippen molar-refractivity contribution in [1.29, 1.82) is 0 Å². The van der Waals surface area contributed by atoms with E-state index in [9.17, 15) is 14.4 Å². The number of carbonyl (C=O) groups excluding carboxylic acids is 3. The predicted octanol–water partition coefficient (Wildman–Crippen LogP) is 2.89. The molecular formula is C23H21N5O4. The highest BCUT2D eigenvalue weighted by Crippen LogP contribution is 2.31. The van der Waals surface area contributed by atoms with Gasteiger partial charge < -0.3 is 20.3 Å². The zero-order chi connectivity index (χ0) is 22.2. The van der Waals surface area contributed by atoms with E-state index in [1.54, 1.807) is 36.3 Å². The van der Waals surface area contributed by atoms with E-state index in [1.165, 1.54) is 0 Å². The van der Waals surface area contributed by atoms with Gasteiger partial charge >= 0.3 is 0 Å². The van der Waals surface area contributed by atoms with E-state index in [0.717, 1.165) is 12.0 Å². The number of hydrogen-bond donors (Lipinski definition) is 3. The van der Waals surface area contributed by atoms with Crippen LogP contribution in [0.2, 0.25) is 0 Å². The summed E-state index contributed by atoms with van der Waals surface area (Å²) in [7, 11) is 1.57. The number of nitrogens with zero attached hydrogens (tertiary/aromatic N) is 2. The van der Waals surface area contributed by atoms with E-state index in [2.05, 4.69) is 20.8 Å². The maximum Gasteiger partial charge on any atom is 0.273 e. The molecule has 32 heavy (non-hydrogen) atoms. The van der Waals surface area contributed by atoms with Crippen molar-refractivity contribution in [2.45, 2.75) is 18.9 Å². The fraction of sp³-hybridized carbons (Fsp3) is 0.217. The molecule has 3 N–H and O–H groups in total. The lowest BCUT2D eigenvalue weighted by atomic mass is 10.1. The highest BCUT2D eigenvalue weighted by Gasteiger charge is 2.38. The fourth-order valence-corrected chi connectivity index (χ4v) is 4.19. The van der Waals surface area contributed by atoms with Gasteiger partial charge in [-0.25, -0.2) is 0 Å². The monoisotopic (exact) mass is 431 g/mol. The molecule has 162 valence electrons. The molecule has 0 saturated carbocycles. The van der Waals surface area contributed by atoms with Crippen LogP contribution in [0.4, 0.5) is 11.4 Å². The van der Waals surface area contributed by atoms with E-state index in [4.69, 9.17) is 4.74 Å². The van der Waals surface area contributed by atoms with Gasteiger partial charge in [0.15, 0.2) is 0 Å². The summed E-state index contributed by atoms with van der Waals surface area (Å²) in [5.41, 5.74) is 2.86. The molecule has 0 spiro atoms. The number of ether oxygens (including phenoxy) is 1. The van der Waals surface area contributed by atoms with E-state index in [1.807, 2.05) is 24.3 Å². The van der Waals surface area contributed by atoms with Crippen molar-refractivity contribution < 1.29 is 19.1 Å². The van der Waals surface area contributed by atoms with Gasteiger partial charge in [0.1, 0.15) is 17.5 Å². The number of para-hydroxylation sites is 1. The first kappa shape index (κ1) is 19.8. The molecule has 3 aromatic rings. The third kappa shape index (κ3) is 3.37. The zero-order valence-electron chi connectivity index (χ0n) is 17.3. The first-order valence-electron chi connectivity index (χ1n) is 10.3. The zero-order valence-corrected chi connectivity index (χ0v) is 17.3. The molecule has 2 aliphatic rings. The molecule has 1 aromatic heterocycles. The molecule has 5 rings (SSSR count). The Morgan fingerprint density at radius 1 is 1.16 bits per heavy atom. The molecule has 9 nitrogen and oxygen atoms in total. The number of aromatic amines is 1. The van der Waals surface area contributed by atoms with Gasteiger partial charge in [0, 0.05) is 17.8 Å². The van der Waals surface area contributed by atoms with Crippen molar-refractivity contribution in [2.24, 2.45) is 0 Å². The molecule has 2 aliphatic heterocycles. The second-order valence-electron chi connectivity index (χ2n) is 7.73. The number of nitrogens with one attached hydrogen (secondary N) is 3.